The maximum Gasteiger partial charge on any atom is 0.138 e. The van der Waals surface area contributed by atoms with E-state index in [1.54, 1.807) is 0 Å². The molecule has 0 aliphatic heterocycles. The van der Waals surface area contributed by atoms with E-state index in [1.807, 2.05) is 27.7 Å². The van der Waals surface area contributed by atoms with E-state index in [2.05, 4.69) is 32.7 Å². The van der Waals surface area contributed by atoms with Crippen molar-refractivity contribution in [2.45, 2.75) is 72.9 Å². The monoisotopic (exact) mass is 269 g/mol. The van der Waals surface area contributed by atoms with Gasteiger partial charge in [0.2, 0.25) is 0 Å². The van der Waals surface area contributed by atoms with E-state index in [9.17, 15) is 4.79 Å². The van der Waals surface area contributed by atoms with Crippen LogP contribution in [0.1, 0.15) is 61.3 Å². The summed E-state index contributed by atoms with van der Waals surface area (Å²) in [7, 11) is 0. The highest BCUT2D eigenvalue weighted by molar-refractivity contribution is 5.83. The Labute approximate surface area is 118 Å². The molecule has 0 aliphatic rings. The van der Waals surface area contributed by atoms with Gasteiger partial charge in [-0.2, -0.15) is 0 Å². The van der Waals surface area contributed by atoms with Crippen molar-refractivity contribution in [3.8, 4) is 0 Å². The number of nitrogens with one attached hydrogen (secondary N) is 1. The largest absolute Gasteiger partial charge is 0.497 e. The second kappa shape index (κ2) is 7.09. The van der Waals surface area contributed by atoms with Crippen LogP contribution in [0.4, 0.5) is 0 Å². The van der Waals surface area contributed by atoms with Crippen LogP contribution in [-0.4, -0.2) is 24.0 Å². The molecule has 0 aromatic rings. The van der Waals surface area contributed by atoms with Crippen molar-refractivity contribution in [1.82, 2.24) is 5.32 Å². The predicted octanol–water partition coefficient (Wildman–Crippen LogP) is 3.69. The number of carbonyl (C=O) groups excluding carboxylic acids is 1. The lowest BCUT2D eigenvalue weighted by Gasteiger charge is -2.30. The topological polar surface area (TPSA) is 38.3 Å². The standard InChI is InChI=1S/C16H31NO2/c1-9-19-12(2)13(17-16(6,7)8)10-11-14(18)15(3,4)5/h13,17H,2,9-11H2,1,3-8H3/t13-/m1/s1. The Hall–Kier alpha value is -0.830. The molecule has 0 bridgehead atoms. The van der Waals surface area contributed by atoms with Crippen LogP contribution in [0.5, 0.6) is 0 Å². The van der Waals surface area contributed by atoms with Gasteiger partial charge in [0, 0.05) is 17.4 Å². The highest BCUT2D eigenvalue weighted by atomic mass is 16.5. The first-order valence-corrected chi connectivity index (χ1v) is 7.10. The van der Waals surface area contributed by atoms with Crippen LogP contribution < -0.4 is 5.32 Å². The van der Waals surface area contributed by atoms with Crippen molar-refractivity contribution >= 4 is 5.78 Å². The van der Waals surface area contributed by atoms with Crippen LogP contribution in [0.3, 0.4) is 0 Å². The van der Waals surface area contributed by atoms with E-state index in [4.69, 9.17) is 4.74 Å². The fourth-order valence-electron chi connectivity index (χ4n) is 1.77. The zero-order valence-electron chi connectivity index (χ0n) is 13.7. The Balaban J connectivity index is 4.60. The number of rotatable bonds is 7. The van der Waals surface area contributed by atoms with Gasteiger partial charge in [-0.1, -0.05) is 27.4 Å². The maximum absolute atomic E-state index is 12.0. The number of hydrogen-bond acceptors (Lipinski definition) is 3. The Morgan fingerprint density at radius 1 is 1.21 bits per heavy atom. The molecule has 0 fully saturated rings. The summed E-state index contributed by atoms with van der Waals surface area (Å²) in [5.74, 6) is 0.997. The van der Waals surface area contributed by atoms with Gasteiger partial charge in [-0.15, -0.1) is 0 Å². The Bertz CT molecular complexity index is 308. The molecule has 112 valence electrons. The Morgan fingerprint density at radius 2 is 1.74 bits per heavy atom. The molecule has 0 aromatic carbocycles. The molecule has 0 spiro atoms. The zero-order valence-corrected chi connectivity index (χ0v) is 13.7. The van der Waals surface area contributed by atoms with Crippen LogP contribution in [-0.2, 0) is 9.53 Å². The third kappa shape index (κ3) is 8.04. The lowest BCUT2D eigenvalue weighted by Crippen LogP contribution is -2.45. The molecule has 1 N–H and O–H groups in total. The summed E-state index contributed by atoms with van der Waals surface area (Å²) in [4.78, 5) is 12.0. The smallest absolute Gasteiger partial charge is 0.138 e. The zero-order chi connectivity index (χ0) is 15.3. The van der Waals surface area contributed by atoms with Crippen LogP contribution in [0.25, 0.3) is 0 Å². The van der Waals surface area contributed by atoms with Crippen LogP contribution in [0.15, 0.2) is 12.3 Å². The molecule has 0 aliphatic carbocycles. The molecule has 0 rings (SSSR count). The van der Waals surface area contributed by atoms with Gasteiger partial charge >= 0.3 is 0 Å². The van der Waals surface area contributed by atoms with E-state index in [1.165, 1.54) is 0 Å². The third-order valence-corrected chi connectivity index (χ3v) is 2.82. The van der Waals surface area contributed by atoms with E-state index in [-0.39, 0.29) is 22.8 Å². The molecule has 1 atom stereocenters. The number of Topliss-reactive ketones (excluding diaryl/α,β-unsaturated/α-hetero) is 1. The molecule has 0 aromatic heterocycles. The number of ether oxygens (including phenoxy) is 1. The molecule has 0 unspecified atom stereocenters. The molecule has 0 heterocycles. The van der Waals surface area contributed by atoms with Crippen molar-refractivity contribution in [2.75, 3.05) is 6.61 Å². The van der Waals surface area contributed by atoms with Crippen LogP contribution in [0, 0.1) is 5.41 Å². The Kier molecular flexibility index (Phi) is 6.78. The minimum atomic E-state index is -0.279. The van der Waals surface area contributed by atoms with Crippen molar-refractivity contribution in [1.29, 1.82) is 0 Å². The second-order valence-corrected chi connectivity index (χ2v) is 7.06. The van der Waals surface area contributed by atoms with Gasteiger partial charge in [-0.05, 0) is 34.1 Å². The summed E-state index contributed by atoms with van der Waals surface area (Å²) in [6.07, 6.45) is 1.27. The fraction of sp³-hybridized carbons (Fsp3) is 0.812. The van der Waals surface area contributed by atoms with Crippen molar-refractivity contribution in [2.24, 2.45) is 5.41 Å². The fourth-order valence-corrected chi connectivity index (χ4v) is 1.77. The molecule has 0 radical (unpaired) electrons. The SMILES string of the molecule is C=C(OCC)[C@@H](CCC(=O)C(C)(C)C)NC(C)(C)C. The molecule has 3 nitrogen and oxygen atoms in total. The van der Waals surface area contributed by atoms with E-state index >= 15 is 0 Å². The molecular weight excluding hydrogens is 238 g/mol. The highest BCUT2D eigenvalue weighted by Gasteiger charge is 2.25. The van der Waals surface area contributed by atoms with E-state index < -0.39 is 0 Å². The molecule has 19 heavy (non-hydrogen) atoms. The van der Waals surface area contributed by atoms with Crippen LogP contribution in [0.2, 0.25) is 0 Å². The van der Waals surface area contributed by atoms with Crippen LogP contribution >= 0.6 is 0 Å². The molecule has 0 saturated heterocycles. The van der Waals surface area contributed by atoms with E-state index in [0.29, 0.717) is 13.0 Å². The Morgan fingerprint density at radius 3 is 2.11 bits per heavy atom. The minimum Gasteiger partial charge on any atom is -0.497 e. The average molecular weight is 269 g/mol. The van der Waals surface area contributed by atoms with Gasteiger partial charge in [0.25, 0.3) is 0 Å². The lowest BCUT2D eigenvalue weighted by atomic mass is 9.87. The summed E-state index contributed by atoms with van der Waals surface area (Å²) in [6, 6.07) is 0.0197. The predicted molar refractivity (Wildman–Crippen MR) is 81.1 cm³/mol. The van der Waals surface area contributed by atoms with Gasteiger partial charge in [0.15, 0.2) is 0 Å². The second-order valence-electron chi connectivity index (χ2n) is 7.06. The lowest BCUT2D eigenvalue weighted by molar-refractivity contribution is -0.126. The number of hydrogen-bond donors (Lipinski definition) is 1. The molecular formula is C16H31NO2. The minimum absolute atomic E-state index is 0.0197. The van der Waals surface area contributed by atoms with Crippen molar-refractivity contribution in [3.05, 3.63) is 12.3 Å². The maximum atomic E-state index is 12.0. The van der Waals surface area contributed by atoms with E-state index in [0.717, 1.165) is 12.2 Å². The third-order valence-electron chi connectivity index (χ3n) is 2.82. The first kappa shape index (κ1) is 18.2. The molecule has 0 amide bonds. The quantitative estimate of drug-likeness (QED) is 0.716. The first-order chi connectivity index (χ1) is 8.47. The van der Waals surface area contributed by atoms with Gasteiger partial charge in [-0.25, -0.2) is 0 Å². The van der Waals surface area contributed by atoms with Crippen molar-refractivity contribution in [3.63, 3.8) is 0 Å². The number of carbonyl (C=O) groups is 1. The molecule has 3 heteroatoms. The average Bonchev–Trinajstić information content (AvgIpc) is 2.20. The molecule has 0 saturated carbocycles. The first-order valence-electron chi connectivity index (χ1n) is 7.10. The van der Waals surface area contributed by atoms with Gasteiger partial charge in [0.1, 0.15) is 11.5 Å². The van der Waals surface area contributed by atoms with Gasteiger partial charge in [-0.3, -0.25) is 4.79 Å². The normalized spacial score (nSPS) is 14.1. The summed E-state index contributed by atoms with van der Waals surface area (Å²) >= 11 is 0. The summed E-state index contributed by atoms with van der Waals surface area (Å²) in [6.45, 7) is 18.7. The summed E-state index contributed by atoms with van der Waals surface area (Å²) in [5.41, 5.74) is -0.311. The van der Waals surface area contributed by atoms with Gasteiger partial charge in [0.05, 0.1) is 12.6 Å². The number of ketones is 1. The summed E-state index contributed by atoms with van der Waals surface area (Å²) in [5, 5.41) is 3.47. The van der Waals surface area contributed by atoms with Gasteiger partial charge < -0.3 is 10.1 Å². The van der Waals surface area contributed by atoms with Crippen molar-refractivity contribution < 1.29 is 9.53 Å². The highest BCUT2D eigenvalue weighted by Crippen LogP contribution is 2.20. The summed E-state index contributed by atoms with van der Waals surface area (Å²) < 4.78 is 5.50.